The van der Waals surface area contributed by atoms with Crippen molar-refractivity contribution in [3.05, 3.63) is 24.3 Å². The summed E-state index contributed by atoms with van der Waals surface area (Å²) in [6, 6.07) is 7.74. The first-order valence-corrected chi connectivity index (χ1v) is 6.28. The number of nitrogens with one attached hydrogen (secondary N) is 1. The van der Waals surface area contributed by atoms with Crippen molar-refractivity contribution in [2.24, 2.45) is 11.8 Å². The summed E-state index contributed by atoms with van der Waals surface area (Å²) in [4.78, 5) is 0. The summed E-state index contributed by atoms with van der Waals surface area (Å²) >= 11 is 0. The molecule has 0 bridgehead atoms. The van der Waals surface area contributed by atoms with E-state index >= 15 is 0 Å². The predicted molar refractivity (Wildman–Crippen MR) is 68.6 cm³/mol. The van der Waals surface area contributed by atoms with Gasteiger partial charge in [0.25, 0.3) is 0 Å². The normalized spacial score (nSPS) is 22.2. The summed E-state index contributed by atoms with van der Waals surface area (Å²) in [5.41, 5.74) is 0. The monoisotopic (exact) mass is 235 g/mol. The second-order valence-electron chi connectivity index (χ2n) is 4.68. The van der Waals surface area contributed by atoms with Gasteiger partial charge < -0.3 is 14.8 Å². The highest BCUT2D eigenvalue weighted by atomic mass is 16.5. The third kappa shape index (κ3) is 3.63. The SMILES string of the molecule is COc1ccccc1OCCNCC1CC1C. The van der Waals surface area contributed by atoms with E-state index in [1.54, 1.807) is 7.11 Å². The number of benzene rings is 1. The van der Waals surface area contributed by atoms with Crippen LogP contribution in [0, 0.1) is 11.8 Å². The molecule has 0 aliphatic heterocycles. The lowest BCUT2D eigenvalue weighted by Gasteiger charge is -2.10. The van der Waals surface area contributed by atoms with Crippen LogP contribution in [0.25, 0.3) is 0 Å². The maximum Gasteiger partial charge on any atom is 0.161 e. The minimum Gasteiger partial charge on any atom is -0.493 e. The zero-order valence-electron chi connectivity index (χ0n) is 10.6. The van der Waals surface area contributed by atoms with Crippen LogP contribution in [0.2, 0.25) is 0 Å². The van der Waals surface area contributed by atoms with Gasteiger partial charge in [-0.3, -0.25) is 0 Å². The molecule has 1 fully saturated rings. The Morgan fingerprint density at radius 1 is 1.29 bits per heavy atom. The summed E-state index contributed by atoms with van der Waals surface area (Å²) in [5.74, 6) is 3.42. The molecule has 2 rings (SSSR count). The Bertz CT molecular complexity index is 354. The van der Waals surface area contributed by atoms with Crippen LogP contribution in [0.5, 0.6) is 11.5 Å². The van der Waals surface area contributed by atoms with Crippen LogP contribution in [0.4, 0.5) is 0 Å². The van der Waals surface area contributed by atoms with Gasteiger partial charge in [-0.05, 0) is 36.9 Å². The van der Waals surface area contributed by atoms with Gasteiger partial charge in [-0.2, -0.15) is 0 Å². The van der Waals surface area contributed by atoms with Crippen LogP contribution in [0.15, 0.2) is 24.3 Å². The molecule has 2 atom stereocenters. The van der Waals surface area contributed by atoms with Crippen molar-refractivity contribution >= 4 is 0 Å². The van der Waals surface area contributed by atoms with E-state index in [-0.39, 0.29) is 0 Å². The van der Waals surface area contributed by atoms with E-state index in [2.05, 4.69) is 12.2 Å². The number of hydrogen-bond acceptors (Lipinski definition) is 3. The molecule has 17 heavy (non-hydrogen) atoms. The number of rotatable bonds is 7. The predicted octanol–water partition coefficient (Wildman–Crippen LogP) is 2.32. The van der Waals surface area contributed by atoms with Crippen LogP contribution >= 0.6 is 0 Å². The fourth-order valence-electron chi connectivity index (χ4n) is 1.94. The van der Waals surface area contributed by atoms with E-state index < -0.39 is 0 Å². The lowest BCUT2D eigenvalue weighted by atomic mass is 10.3. The molecule has 3 heteroatoms. The van der Waals surface area contributed by atoms with Crippen LogP contribution in [0.1, 0.15) is 13.3 Å². The first-order valence-electron chi connectivity index (χ1n) is 6.28. The fraction of sp³-hybridized carbons (Fsp3) is 0.571. The maximum absolute atomic E-state index is 5.67. The Balaban J connectivity index is 1.63. The third-order valence-corrected chi connectivity index (χ3v) is 3.29. The average molecular weight is 235 g/mol. The van der Waals surface area contributed by atoms with Crippen molar-refractivity contribution in [2.75, 3.05) is 26.8 Å². The fourth-order valence-corrected chi connectivity index (χ4v) is 1.94. The second-order valence-corrected chi connectivity index (χ2v) is 4.68. The van der Waals surface area contributed by atoms with Crippen molar-refractivity contribution in [2.45, 2.75) is 13.3 Å². The molecule has 2 unspecified atom stereocenters. The topological polar surface area (TPSA) is 30.5 Å². The largest absolute Gasteiger partial charge is 0.493 e. The molecule has 1 saturated carbocycles. The van der Waals surface area contributed by atoms with Gasteiger partial charge in [0.15, 0.2) is 11.5 Å². The molecule has 1 N–H and O–H groups in total. The zero-order chi connectivity index (χ0) is 12.1. The molecule has 0 saturated heterocycles. The average Bonchev–Trinajstić information content (AvgIpc) is 3.05. The molecule has 0 aromatic heterocycles. The standard InChI is InChI=1S/C14H21NO2/c1-11-9-12(11)10-15-7-8-17-14-6-4-3-5-13(14)16-2/h3-6,11-12,15H,7-10H2,1-2H3. The highest BCUT2D eigenvalue weighted by Crippen LogP contribution is 2.36. The van der Waals surface area contributed by atoms with Crippen LogP contribution in [-0.4, -0.2) is 26.8 Å². The quantitative estimate of drug-likeness (QED) is 0.736. The highest BCUT2D eigenvalue weighted by molar-refractivity contribution is 5.39. The van der Waals surface area contributed by atoms with Crippen molar-refractivity contribution in [1.29, 1.82) is 0 Å². The van der Waals surface area contributed by atoms with E-state index in [0.717, 1.165) is 36.4 Å². The van der Waals surface area contributed by atoms with Gasteiger partial charge in [0.05, 0.1) is 7.11 Å². The molecular formula is C14H21NO2. The van der Waals surface area contributed by atoms with Crippen molar-refractivity contribution < 1.29 is 9.47 Å². The summed E-state index contributed by atoms with van der Waals surface area (Å²) in [7, 11) is 1.66. The molecule has 94 valence electrons. The number of para-hydroxylation sites is 2. The summed E-state index contributed by atoms with van der Waals surface area (Å²) in [6.07, 6.45) is 1.38. The molecule has 1 aromatic rings. The molecule has 1 aliphatic carbocycles. The Morgan fingerprint density at radius 2 is 2.00 bits per heavy atom. The summed E-state index contributed by atoms with van der Waals surface area (Å²) in [5, 5.41) is 3.42. The van der Waals surface area contributed by atoms with Crippen molar-refractivity contribution in [3.63, 3.8) is 0 Å². The van der Waals surface area contributed by atoms with Gasteiger partial charge in [-0.25, -0.2) is 0 Å². The molecule has 0 radical (unpaired) electrons. The molecular weight excluding hydrogens is 214 g/mol. The van der Waals surface area contributed by atoms with E-state index in [4.69, 9.17) is 9.47 Å². The van der Waals surface area contributed by atoms with E-state index in [0.29, 0.717) is 6.61 Å². The number of methoxy groups -OCH3 is 1. The van der Waals surface area contributed by atoms with Crippen LogP contribution in [-0.2, 0) is 0 Å². The van der Waals surface area contributed by atoms with Crippen LogP contribution < -0.4 is 14.8 Å². The highest BCUT2D eigenvalue weighted by Gasteiger charge is 2.31. The molecule has 0 amide bonds. The van der Waals surface area contributed by atoms with E-state index in [1.807, 2.05) is 24.3 Å². The minimum atomic E-state index is 0.682. The summed E-state index contributed by atoms with van der Waals surface area (Å²) in [6.45, 7) is 5.00. The second kappa shape index (κ2) is 5.92. The van der Waals surface area contributed by atoms with Gasteiger partial charge in [0, 0.05) is 6.54 Å². The van der Waals surface area contributed by atoms with E-state index in [1.165, 1.54) is 6.42 Å². The Labute approximate surface area is 103 Å². The first-order chi connectivity index (χ1) is 8.31. The van der Waals surface area contributed by atoms with Gasteiger partial charge in [-0.1, -0.05) is 19.1 Å². The number of ether oxygens (including phenoxy) is 2. The van der Waals surface area contributed by atoms with E-state index in [9.17, 15) is 0 Å². The first kappa shape index (κ1) is 12.2. The summed E-state index contributed by atoms with van der Waals surface area (Å²) < 4.78 is 10.9. The van der Waals surface area contributed by atoms with Gasteiger partial charge in [0.1, 0.15) is 6.61 Å². The lowest BCUT2D eigenvalue weighted by molar-refractivity contribution is 0.291. The van der Waals surface area contributed by atoms with Gasteiger partial charge in [-0.15, -0.1) is 0 Å². The Morgan fingerprint density at radius 3 is 2.65 bits per heavy atom. The molecule has 1 aromatic carbocycles. The van der Waals surface area contributed by atoms with Crippen LogP contribution in [0.3, 0.4) is 0 Å². The zero-order valence-corrected chi connectivity index (χ0v) is 10.6. The molecule has 3 nitrogen and oxygen atoms in total. The molecule has 0 spiro atoms. The van der Waals surface area contributed by atoms with Crippen molar-refractivity contribution in [1.82, 2.24) is 5.32 Å². The van der Waals surface area contributed by atoms with Crippen molar-refractivity contribution in [3.8, 4) is 11.5 Å². The van der Waals surface area contributed by atoms with Gasteiger partial charge >= 0.3 is 0 Å². The lowest BCUT2D eigenvalue weighted by Crippen LogP contribution is -2.23. The smallest absolute Gasteiger partial charge is 0.161 e. The Hall–Kier alpha value is -1.22. The molecule has 0 heterocycles. The minimum absolute atomic E-state index is 0.682. The van der Waals surface area contributed by atoms with Gasteiger partial charge in [0.2, 0.25) is 0 Å². The number of hydrogen-bond donors (Lipinski definition) is 1. The Kier molecular flexibility index (Phi) is 4.26. The molecule has 1 aliphatic rings. The maximum atomic E-state index is 5.67. The third-order valence-electron chi connectivity index (χ3n) is 3.29.